The molecule has 0 saturated carbocycles. The zero-order valence-electron chi connectivity index (χ0n) is 6.43. The van der Waals surface area contributed by atoms with Crippen LogP contribution in [0.25, 0.3) is 11.5 Å². The Balaban J connectivity index is 2.62. The van der Waals surface area contributed by atoms with Crippen LogP contribution in [0.3, 0.4) is 0 Å². The maximum absolute atomic E-state index is 10.9. The van der Waals surface area contributed by atoms with Crippen molar-refractivity contribution in [3.05, 3.63) is 18.9 Å². The second-order valence-corrected chi connectivity index (χ2v) is 2.38. The lowest BCUT2D eigenvalue weighted by Gasteiger charge is -2.00. The summed E-state index contributed by atoms with van der Waals surface area (Å²) >= 11 is 0. The number of carbonyl (C=O) groups is 1. The van der Waals surface area contributed by atoms with Gasteiger partial charge in [0.05, 0.1) is 0 Å². The smallest absolute Gasteiger partial charge is 0.228 e. The van der Waals surface area contributed by atoms with Crippen LogP contribution in [-0.4, -0.2) is 25.4 Å². The van der Waals surface area contributed by atoms with Crippen molar-refractivity contribution in [3.63, 3.8) is 0 Å². The molecule has 12 heavy (non-hydrogen) atoms. The van der Waals surface area contributed by atoms with Crippen molar-refractivity contribution in [1.29, 1.82) is 0 Å². The van der Waals surface area contributed by atoms with E-state index in [4.69, 9.17) is 0 Å². The molecule has 0 spiro atoms. The quantitative estimate of drug-likeness (QED) is 0.563. The predicted molar refractivity (Wildman–Crippen MR) is 40.7 cm³/mol. The maximum Gasteiger partial charge on any atom is 0.228 e. The molecule has 0 aromatic rings. The summed E-state index contributed by atoms with van der Waals surface area (Å²) in [6, 6.07) is 0. The van der Waals surface area contributed by atoms with E-state index < -0.39 is 0 Å². The Morgan fingerprint density at radius 3 is 3.00 bits per heavy atom. The Morgan fingerprint density at radius 2 is 2.25 bits per heavy atom. The Hall–Kier alpha value is -1.78. The fourth-order valence-corrected chi connectivity index (χ4v) is 0.914. The monoisotopic (exact) mass is 162 g/mol. The topological polar surface area (TPSA) is 60.7 Å². The van der Waals surface area contributed by atoms with E-state index in [0.29, 0.717) is 11.5 Å². The third-order valence-corrected chi connectivity index (χ3v) is 1.54. The standard InChI is InChI=1S/C7H6N4O/c1-5(12)11-2-6-7(10-4-11)9-3-8-6/h2-4H,1H3. The van der Waals surface area contributed by atoms with Crippen LogP contribution >= 0.6 is 0 Å². The molecule has 2 aliphatic rings. The minimum Gasteiger partial charge on any atom is -0.276 e. The summed E-state index contributed by atoms with van der Waals surface area (Å²) in [5.74, 6) is 0.472. The van der Waals surface area contributed by atoms with Gasteiger partial charge in [-0.2, -0.15) is 0 Å². The van der Waals surface area contributed by atoms with Crippen molar-refractivity contribution >= 4 is 5.91 Å². The summed E-state index contributed by atoms with van der Waals surface area (Å²) in [6.45, 7) is 1.46. The van der Waals surface area contributed by atoms with Crippen molar-refractivity contribution in [2.45, 2.75) is 6.92 Å². The molecule has 0 fully saturated rings. The van der Waals surface area contributed by atoms with E-state index >= 15 is 0 Å². The highest BCUT2D eigenvalue weighted by atomic mass is 16.1. The zero-order chi connectivity index (χ0) is 8.55. The van der Waals surface area contributed by atoms with Gasteiger partial charge in [-0.25, -0.2) is 15.0 Å². The van der Waals surface area contributed by atoms with Gasteiger partial charge in [0.15, 0.2) is 5.82 Å². The Kier molecular flexibility index (Phi) is 1.36. The van der Waals surface area contributed by atoms with Gasteiger partial charge in [0, 0.05) is 13.1 Å². The minimum atomic E-state index is -0.0904. The van der Waals surface area contributed by atoms with Gasteiger partial charge in [0.1, 0.15) is 18.3 Å². The summed E-state index contributed by atoms with van der Waals surface area (Å²) in [6.07, 6.45) is 4.46. The van der Waals surface area contributed by atoms with E-state index in [1.165, 1.54) is 24.1 Å². The first-order chi connectivity index (χ1) is 5.77. The van der Waals surface area contributed by atoms with Gasteiger partial charge in [-0.05, 0) is 0 Å². The van der Waals surface area contributed by atoms with Crippen LogP contribution in [0.2, 0.25) is 0 Å². The number of fused-ring (bicyclic) bond motifs is 1. The van der Waals surface area contributed by atoms with E-state index in [2.05, 4.69) is 15.0 Å². The van der Waals surface area contributed by atoms with Crippen LogP contribution in [-0.2, 0) is 0 Å². The Morgan fingerprint density at radius 1 is 1.42 bits per heavy atom. The number of aromatic nitrogens is 4. The van der Waals surface area contributed by atoms with Crippen molar-refractivity contribution < 1.29 is 4.79 Å². The van der Waals surface area contributed by atoms with E-state index in [1.807, 2.05) is 0 Å². The summed E-state index contributed by atoms with van der Waals surface area (Å²) in [5.41, 5.74) is 0.632. The average molecular weight is 162 g/mol. The molecule has 0 bridgehead atoms. The molecule has 0 unspecified atom stereocenters. The van der Waals surface area contributed by atoms with Gasteiger partial charge in [0.25, 0.3) is 0 Å². The molecule has 0 aliphatic carbocycles. The largest absolute Gasteiger partial charge is 0.276 e. The van der Waals surface area contributed by atoms with Gasteiger partial charge >= 0.3 is 0 Å². The van der Waals surface area contributed by atoms with Crippen LogP contribution < -0.4 is 0 Å². The first-order valence-corrected chi connectivity index (χ1v) is 3.43. The molecular weight excluding hydrogens is 156 g/mol. The van der Waals surface area contributed by atoms with Gasteiger partial charge < -0.3 is 0 Å². The lowest BCUT2D eigenvalue weighted by molar-refractivity contribution is 0.0934. The predicted octanol–water partition coefficient (Wildman–Crippen LogP) is 0.438. The van der Waals surface area contributed by atoms with Gasteiger partial charge in [-0.1, -0.05) is 0 Å². The first-order valence-electron chi connectivity index (χ1n) is 3.43. The summed E-state index contributed by atoms with van der Waals surface area (Å²) < 4.78 is 1.37. The highest BCUT2D eigenvalue weighted by Gasteiger charge is 2.07. The van der Waals surface area contributed by atoms with Crippen LogP contribution in [0.4, 0.5) is 0 Å². The second-order valence-electron chi connectivity index (χ2n) is 2.38. The molecule has 2 aliphatic heterocycles. The zero-order valence-corrected chi connectivity index (χ0v) is 6.43. The van der Waals surface area contributed by atoms with Crippen molar-refractivity contribution in [3.8, 4) is 11.5 Å². The third kappa shape index (κ3) is 0.952. The maximum atomic E-state index is 10.9. The summed E-state index contributed by atoms with van der Waals surface area (Å²) in [5, 5.41) is 0. The van der Waals surface area contributed by atoms with E-state index in [0.717, 1.165) is 0 Å². The summed E-state index contributed by atoms with van der Waals surface area (Å²) in [4.78, 5) is 22.6. The molecule has 5 nitrogen and oxygen atoms in total. The molecular formula is C7H6N4O. The molecule has 2 rings (SSSR count). The van der Waals surface area contributed by atoms with Gasteiger partial charge in [-0.15, -0.1) is 0 Å². The molecule has 5 heteroatoms. The molecule has 2 heterocycles. The second kappa shape index (κ2) is 2.37. The number of hydrogen-bond donors (Lipinski definition) is 0. The van der Waals surface area contributed by atoms with E-state index in [9.17, 15) is 4.79 Å². The Labute approximate surface area is 68.4 Å². The van der Waals surface area contributed by atoms with Gasteiger partial charge in [-0.3, -0.25) is 9.36 Å². The fraction of sp³-hybridized carbons (Fsp3) is 0.143. The van der Waals surface area contributed by atoms with Crippen LogP contribution in [0.5, 0.6) is 0 Å². The number of nitrogens with zero attached hydrogens (tertiary/aromatic N) is 4. The van der Waals surface area contributed by atoms with Crippen LogP contribution in [0, 0.1) is 0 Å². The molecule has 0 N–H and O–H groups in total. The van der Waals surface area contributed by atoms with Crippen molar-refractivity contribution in [1.82, 2.24) is 19.5 Å². The first kappa shape index (κ1) is 6.90. The lowest BCUT2D eigenvalue weighted by atomic mass is 10.4. The SMILES string of the molecule is CC(=O)n1cnc2ncnc-2c1. The highest BCUT2D eigenvalue weighted by Crippen LogP contribution is 2.10. The lowest BCUT2D eigenvalue weighted by Crippen LogP contribution is -2.07. The Bertz CT molecular complexity index is 394. The molecule has 0 aromatic carbocycles. The number of rotatable bonds is 0. The molecule has 0 radical (unpaired) electrons. The van der Waals surface area contributed by atoms with E-state index in [1.54, 1.807) is 6.20 Å². The number of carbonyl (C=O) groups excluding carboxylic acids is 1. The molecule has 60 valence electrons. The number of hydrogen-bond acceptors (Lipinski definition) is 4. The number of imidazole rings is 1. The fourth-order valence-electron chi connectivity index (χ4n) is 0.914. The normalized spacial score (nSPS) is 10.4. The minimum absolute atomic E-state index is 0.0904. The molecule has 0 amide bonds. The molecule has 0 aromatic heterocycles. The molecule has 0 saturated heterocycles. The average Bonchev–Trinajstić information content (AvgIpc) is 2.49. The van der Waals surface area contributed by atoms with Gasteiger partial charge in [0.2, 0.25) is 5.91 Å². The highest BCUT2D eigenvalue weighted by molar-refractivity contribution is 5.76. The van der Waals surface area contributed by atoms with Crippen molar-refractivity contribution in [2.24, 2.45) is 0 Å². The van der Waals surface area contributed by atoms with Crippen LogP contribution in [0.15, 0.2) is 18.9 Å². The van der Waals surface area contributed by atoms with E-state index in [-0.39, 0.29) is 5.91 Å². The van der Waals surface area contributed by atoms with Crippen LogP contribution in [0.1, 0.15) is 11.7 Å². The summed E-state index contributed by atoms with van der Waals surface area (Å²) in [7, 11) is 0. The third-order valence-electron chi connectivity index (χ3n) is 1.54. The molecule has 0 atom stereocenters. The van der Waals surface area contributed by atoms with Crippen molar-refractivity contribution in [2.75, 3.05) is 0 Å².